The molecule has 2 aromatic carbocycles. The zero-order valence-corrected chi connectivity index (χ0v) is 34.2. The van der Waals surface area contributed by atoms with Crippen LogP contribution in [0, 0.1) is 27.7 Å². The van der Waals surface area contributed by atoms with Gasteiger partial charge >= 0.3 is 0 Å². The number of aliphatic hydroxyl groups is 8. The Morgan fingerprint density at radius 2 is 0.831 bits per heavy atom. The van der Waals surface area contributed by atoms with Gasteiger partial charge in [0.05, 0.1) is 75.3 Å². The van der Waals surface area contributed by atoms with Crippen molar-refractivity contribution in [2.45, 2.75) is 85.2 Å². The summed E-state index contributed by atoms with van der Waals surface area (Å²) in [4.78, 5) is 84.0. The first-order chi connectivity index (χ1) is 27.7. The van der Waals surface area contributed by atoms with E-state index < -0.39 is 119 Å². The van der Waals surface area contributed by atoms with E-state index in [1.54, 1.807) is 13.8 Å². The maximum Gasteiger partial charge on any atom is 0.252 e. The molecule has 20 nitrogen and oxygen atoms in total. The first kappa shape index (κ1) is 50.1. The van der Waals surface area contributed by atoms with Crippen LogP contribution in [-0.4, -0.2) is 153 Å². The highest BCUT2D eigenvalue weighted by Crippen LogP contribution is 2.38. The molecule has 0 spiro atoms. The lowest BCUT2D eigenvalue weighted by Gasteiger charge is -2.34. The zero-order valence-electron chi connectivity index (χ0n) is 34.2. The first-order valence-corrected chi connectivity index (χ1v) is 18.9. The lowest BCUT2D eigenvalue weighted by atomic mass is 9.87. The molecule has 0 fully saturated rings. The second kappa shape index (κ2) is 22.3. The summed E-state index contributed by atoms with van der Waals surface area (Å²) in [5.74, 6) is -5.74. The van der Waals surface area contributed by atoms with E-state index in [1.807, 2.05) is 0 Å². The summed E-state index contributed by atoms with van der Waals surface area (Å²) in [6, 6.07) is 0. The lowest BCUT2D eigenvalue weighted by molar-refractivity contribution is -0.127. The van der Waals surface area contributed by atoms with Crippen molar-refractivity contribution in [2.75, 3.05) is 62.4 Å². The largest absolute Gasteiger partial charge is 0.394 e. The van der Waals surface area contributed by atoms with Crippen LogP contribution in [-0.2, 0) is 22.4 Å². The average molecular weight is 835 g/mol. The number of hydrogen-bond acceptors (Lipinski definition) is 14. The molecule has 0 bridgehead atoms. The number of nitrogens with one attached hydrogen (secondary N) is 2. The molecular formula is C39H58N6O14. The minimum absolute atomic E-state index is 0.0155. The van der Waals surface area contributed by atoms with Crippen molar-refractivity contribution in [3.8, 4) is 0 Å². The fourth-order valence-corrected chi connectivity index (χ4v) is 7.18. The highest BCUT2D eigenvalue weighted by Gasteiger charge is 2.35. The number of hydrogen-bond donors (Lipinski definition) is 12. The van der Waals surface area contributed by atoms with Crippen LogP contribution in [0.3, 0.4) is 0 Å². The minimum atomic E-state index is -1.63. The molecule has 59 heavy (non-hydrogen) atoms. The van der Waals surface area contributed by atoms with Gasteiger partial charge in [0.15, 0.2) is 0 Å². The second-order valence-electron chi connectivity index (χ2n) is 14.0. The number of primary amides is 2. The second-order valence-corrected chi connectivity index (χ2v) is 14.0. The van der Waals surface area contributed by atoms with Crippen LogP contribution in [0.1, 0.15) is 95.1 Å². The van der Waals surface area contributed by atoms with Gasteiger partial charge in [-0.05, 0) is 73.9 Å². The van der Waals surface area contributed by atoms with E-state index in [1.165, 1.54) is 27.7 Å². The highest BCUT2D eigenvalue weighted by atomic mass is 16.3. The predicted octanol–water partition coefficient (Wildman–Crippen LogP) is -3.13. The Morgan fingerprint density at radius 3 is 1.08 bits per heavy atom. The van der Waals surface area contributed by atoms with Crippen molar-refractivity contribution in [3.05, 3.63) is 55.6 Å². The van der Waals surface area contributed by atoms with Crippen molar-refractivity contribution in [1.82, 2.24) is 10.6 Å². The predicted molar refractivity (Wildman–Crippen MR) is 214 cm³/mol. The Morgan fingerprint density at radius 1 is 0.525 bits per heavy atom. The van der Waals surface area contributed by atoms with Gasteiger partial charge in [0.25, 0.3) is 11.8 Å². The third-order valence-electron chi connectivity index (χ3n) is 9.86. The minimum Gasteiger partial charge on any atom is -0.394 e. The van der Waals surface area contributed by atoms with E-state index in [-0.39, 0.29) is 79.9 Å². The van der Waals surface area contributed by atoms with Crippen LogP contribution in [0.5, 0.6) is 0 Å². The molecule has 6 amide bonds. The number of carbonyl (C=O) groups is 6. The average Bonchev–Trinajstić information content (AvgIpc) is 3.18. The molecule has 4 atom stereocenters. The number of aliphatic hydroxyl groups excluding tert-OH is 8. The summed E-state index contributed by atoms with van der Waals surface area (Å²) in [6.07, 6.45) is -6.98. The van der Waals surface area contributed by atoms with Crippen molar-refractivity contribution in [1.29, 1.82) is 0 Å². The fourth-order valence-electron chi connectivity index (χ4n) is 7.18. The Hall–Kier alpha value is -5.06. The summed E-state index contributed by atoms with van der Waals surface area (Å²) in [7, 11) is 0. The Bertz CT molecular complexity index is 1770. The molecule has 20 heteroatoms. The van der Waals surface area contributed by atoms with Crippen LogP contribution in [0.4, 0.5) is 11.4 Å². The molecule has 0 aromatic heterocycles. The van der Waals surface area contributed by atoms with Gasteiger partial charge in [0, 0.05) is 35.3 Å². The molecule has 0 heterocycles. The first-order valence-electron chi connectivity index (χ1n) is 18.9. The molecule has 2 rings (SSSR count). The monoisotopic (exact) mass is 834 g/mol. The normalized spacial score (nSPS) is 13.3. The van der Waals surface area contributed by atoms with E-state index in [4.69, 9.17) is 11.5 Å². The Kier molecular flexibility index (Phi) is 19.0. The van der Waals surface area contributed by atoms with Crippen molar-refractivity contribution >= 4 is 46.8 Å². The summed E-state index contributed by atoms with van der Waals surface area (Å²) in [6.45, 7) is 3.73. The van der Waals surface area contributed by atoms with Crippen LogP contribution in [0.15, 0.2) is 0 Å². The molecule has 14 N–H and O–H groups in total. The molecular weight excluding hydrogens is 776 g/mol. The summed E-state index contributed by atoms with van der Waals surface area (Å²) >= 11 is 0. The number of benzene rings is 2. The van der Waals surface area contributed by atoms with E-state index >= 15 is 0 Å². The third-order valence-corrected chi connectivity index (χ3v) is 9.86. The van der Waals surface area contributed by atoms with Crippen LogP contribution >= 0.6 is 0 Å². The Labute approximate surface area is 341 Å². The maximum atomic E-state index is 14.6. The molecule has 328 valence electrons. The smallest absolute Gasteiger partial charge is 0.252 e. The van der Waals surface area contributed by atoms with E-state index in [0.29, 0.717) is 0 Å². The molecule has 4 unspecified atom stereocenters. The summed E-state index contributed by atoms with van der Waals surface area (Å²) < 4.78 is 0. The Balaban J connectivity index is 2.99. The van der Waals surface area contributed by atoms with Gasteiger partial charge in [-0.25, -0.2) is 0 Å². The van der Waals surface area contributed by atoms with Gasteiger partial charge in [-0.2, -0.15) is 0 Å². The number of amides is 6. The van der Waals surface area contributed by atoms with Gasteiger partial charge in [-0.3, -0.25) is 28.8 Å². The maximum absolute atomic E-state index is 14.6. The van der Waals surface area contributed by atoms with Crippen molar-refractivity contribution in [2.24, 2.45) is 11.5 Å². The molecule has 0 aliphatic carbocycles. The summed E-state index contributed by atoms with van der Waals surface area (Å²) in [5, 5.41) is 84.4. The third kappa shape index (κ3) is 11.6. The quantitative estimate of drug-likeness (QED) is 0.0522. The van der Waals surface area contributed by atoms with Gasteiger partial charge in [-0.1, -0.05) is 13.8 Å². The van der Waals surface area contributed by atoms with Gasteiger partial charge in [-0.15, -0.1) is 0 Å². The standard InChI is InChI=1S/C39H58N6O14/c1-7-26-32(38(58)42-10-22(50)14-46)18(3)30(36(40)56)20(5)34(26)44(12-24(52)16-48)28(54)9-29(55)45(13-25(53)17-49)35-21(6)31(37(41)57)19(4)33(27(35)8-2)39(59)43-11-23(51)15-47/h22-25,46-53H,7-17H2,1-6H3,(H2,40,56)(H2,41,57)(H,42,58)(H,43,59). The zero-order chi connectivity index (χ0) is 45.0. The van der Waals surface area contributed by atoms with Gasteiger partial charge < -0.3 is 72.8 Å². The number of rotatable bonds is 22. The van der Waals surface area contributed by atoms with Crippen molar-refractivity contribution in [3.63, 3.8) is 0 Å². The van der Waals surface area contributed by atoms with Crippen LogP contribution in [0.25, 0.3) is 0 Å². The molecule has 0 aliphatic rings. The number of nitrogens with zero attached hydrogens (tertiary/aromatic N) is 2. The van der Waals surface area contributed by atoms with E-state index in [2.05, 4.69) is 10.6 Å². The molecule has 0 aliphatic heterocycles. The highest BCUT2D eigenvalue weighted by molar-refractivity contribution is 6.14. The number of carbonyl (C=O) groups excluding carboxylic acids is 6. The van der Waals surface area contributed by atoms with Crippen LogP contribution < -0.4 is 31.9 Å². The number of nitrogens with two attached hydrogens (primary N) is 2. The molecule has 0 radical (unpaired) electrons. The fraction of sp³-hybridized carbons (Fsp3) is 0.538. The van der Waals surface area contributed by atoms with Crippen molar-refractivity contribution < 1.29 is 69.6 Å². The van der Waals surface area contributed by atoms with Gasteiger partial charge in [0.1, 0.15) is 6.42 Å². The van der Waals surface area contributed by atoms with Crippen LogP contribution in [0.2, 0.25) is 0 Å². The van der Waals surface area contributed by atoms with E-state index in [9.17, 15) is 69.6 Å². The van der Waals surface area contributed by atoms with E-state index in [0.717, 1.165) is 9.80 Å². The molecule has 0 saturated heterocycles. The van der Waals surface area contributed by atoms with Gasteiger partial charge in [0.2, 0.25) is 23.6 Å². The molecule has 0 saturated carbocycles. The topological polar surface area (TPSA) is 347 Å². The number of anilines is 2. The molecule has 2 aromatic rings. The SMILES string of the molecule is CCc1c(C(=O)NCC(O)CO)c(C)c(C(N)=O)c(C)c1N(CC(O)CO)C(=O)CC(=O)N(CC(O)CO)c1c(C)c(C(N)=O)c(C)c(C(=O)NCC(O)CO)c1CC. The summed E-state index contributed by atoms with van der Waals surface area (Å²) in [5.41, 5.74) is 11.4. The lowest BCUT2D eigenvalue weighted by Crippen LogP contribution is -2.46.